The van der Waals surface area contributed by atoms with E-state index in [4.69, 9.17) is 15.2 Å². The van der Waals surface area contributed by atoms with Crippen molar-refractivity contribution in [1.29, 1.82) is 0 Å². The van der Waals surface area contributed by atoms with Crippen LogP contribution in [0.1, 0.15) is 24.8 Å². The number of benzene rings is 1. The van der Waals surface area contributed by atoms with Gasteiger partial charge in [-0.2, -0.15) is 0 Å². The molecule has 1 fully saturated rings. The molecule has 4 heteroatoms. The van der Waals surface area contributed by atoms with Crippen LogP contribution in [0.15, 0.2) is 18.2 Å². The van der Waals surface area contributed by atoms with Crippen molar-refractivity contribution < 1.29 is 9.47 Å². The second-order valence-electron chi connectivity index (χ2n) is 5.49. The first kappa shape index (κ1) is 15.1. The number of nitrogens with zero attached hydrogens (tertiary/aromatic N) is 1. The molecule has 0 radical (unpaired) electrons. The minimum absolute atomic E-state index is 0.252. The lowest BCUT2D eigenvalue weighted by atomic mass is 10.1. The quantitative estimate of drug-likeness (QED) is 0.865. The number of likely N-dealkylation sites (tertiary alicyclic amines) is 1. The Kier molecular flexibility index (Phi) is 5.68. The maximum Gasteiger partial charge on any atom is 0.164 e. The van der Waals surface area contributed by atoms with Gasteiger partial charge in [0.2, 0.25) is 0 Å². The zero-order chi connectivity index (χ0) is 14.4. The average molecular weight is 278 g/mol. The summed E-state index contributed by atoms with van der Waals surface area (Å²) in [6, 6.07) is 6.10. The SMILES string of the molecule is COc1cccc(CCCN)c1OC1CCCN(C)C1. The number of hydrogen-bond donors (Lipinski definition) is 1. The van der Waals surface area contributed by atoms with Gasteiger partial charge in [-0.3, -0.25) is 0 Å². The summed E-state index contributed by atoms with van der Waals surface area (Å²) in [6.45, 7) is 2.84. The summed E-state index contributed by atoms with van der Waals surface area (Å²) < 4.78 is 11.7. The summed E-state index contributed by atoms with van der Waals surface area (Å²) in [5.74, 6) is 1.73. The minimum Gasteiger partial charge on any atom is -0.493 e. The van der Waals surface area contributed by atoms with E-state index in [0.717, 1.165) is 43.9 Å². The molecule has 0 spiro atoms. The van der Waals surface area contributed by atoms with Gasteiger partial charge in [-0.15, -0.1) is 0 Å². The van der Waals surface area contributed by atoms with E-state index in [9.17, 15) is 0 Å². The molecule has 1 unspecified atom stereocenters. The molecular formula is C16H26N2O2. The number of piperidine rings is 1. The molecule has 0 bridgehead atoms. The van der Waals surface area contributed by atoms with Crippen molar-refractivity contribution in [3.05, 3.63) is 23.8 Å². The lowest BCUT2D eigenvalue weighted by Gasteiger charge is -2.31. The molecule has 0 aromatic heterocycles. The third kappa shape index (κ3) is 3.87. The lowest BCUT2D eigenvalue weighted by Crippen LogP contribution is -2.38. The first-order valence-corrected chi connectivity index (χ1v) is 7.45. The van der Waals surface area contributed by atoms with Crippen molar-refractivity contribution in [2.24, 2.45) is 5.73 Å². The summed E-state index contributed by atoms with van der Waals surface area (Å²) in [5.41, 5.74) is 6.82. The van der Waals surface area contributed by atoms with E-state index in [0.29, 0.717) is 6.54 Å². The van der Waals surface area contributed by atoms with Gasteiger partial charge in [-0.1, -0.05) is 12.1 Å². The zero-order valence-corrected chi connectivity index (χ0v) is 12.6. The van der Waals surface area contributed by atoms with Gasteiger partial charge in [-0.25, -0.2) is 0 Å². The van der Waals surface area contributed by atoms with Gasteiger partial charge >= 0.3 is 0 Å². The van der Waals surface area contributed by atoms with Crippen LogP contribution in [-0.2, 0) is 6.42 Å². The van der Waals surface area contributed by atoms with Crippen LogP contribution in [0.3, 0.4) is 0 Å². The van der Waals surface area contributed by atoms with Crippen molar-refractivity contribution in [2.45, 2.75) is 31.8 Å². The maximum atomic E-state index is 6.27. The molecule has 0 aliphatic carbocycles. The minimum atomic E-state index is 0.252. The Labute approximate surface area is 121 Å². The topological polar surface area (TPSA) is 47.7 Å². The molecule has 2 N–H and O–H groups in total. The molecule has 20 heavy (non-hydrogen) atoms. The molecule has 1 aromatic rings. The molecule has 1 heterocycles. The molecular weight excluding hydrogens is 252 g/mol. The molecule has 0 saturated carbocycles. The highest BCUT2D eigenvalue weighted by molar-refractivity contribution is 5.47. The summed E-state index contributed by atoms with van der Waals surface area (Å²) in [6.07, 6.45) is 4.45. The van der Waals surface area contributed by atoms with Gasteiger partial charge in [0.15, 0.2) is 11.5 Å². The Morgan fingerprint density at radius 1 is 1.40 bits per heavy atom. The predicted molar refractivity (Wildman–Crippen MR) is 81.5 cm³/mol. The largest absolute Gasteiger partial charge is 0.493 e. The number of ether oxygens (including phenoxy) is 2. The predicted octanol–water partition coefficient (Wildman–Crippen LogP) is 2.06. The maximum absolute atomic E-state index is 6.27. The van der Waals surface area contributed by atoms with Crippen LogP contribution >= 0.6 is 0 Å². The van der Waals surface area contributed by atoms with Gasteiger partial charge in [0.05, 0.1) is 7.11 Å². The van der Waals surface area contributed by atoms with Crippen LogP contribution in [0.5, 0.6) is 11.5 Å². The number of methoxy groups -OCH3 is 1. The number of rotatable bonds is 6. The average Bonchev–Trinajstić information content (AvgIpc) is 2.46. The van der Waals surface area contributed by atoms with Crippen molar-refractivity contribution in [3.63, 3.8) is 0 Å². The standard InChI is InChI=1S/C16H26N2O2/c1-18-11-5-8-14(12-18)20-16-13(7-4-10-17)6-3-9-15(16)19-2/h3,6,9,14H,4-5,7-8,10-12,17H2,1-2H3. The van der Waals surface area contributed by atoms with E-state index in [2.05, 4.69) is 18.0 Å². The summed E-state index contributed by atoms with van der Waals surface area (Å²) in [7, 11) is 3.84. The summed E-state index contributed by atoms with van der Waals surface area (Å²) in [4.78, 5) is 2.32. The van der Waals surface area contributed by atoms with Crippen LogP contribution < -0.4 is 15.2 Å². The van der Waals surface area contributed by atoms with E-state index in [-0.39, 0.29) is 6.10 Å². The molecule has 1 aliphatic rings. The van der Waals surface area contributed by atoms with Gasteiger partial charge in [-0.05, 0) is 57.5 Å². The van der Waals surface area contributed by atoms with Crippen LogP contribution in [-0.4, -0.2) is 44.8 Å². The highest BCUT2D eigenvalue weighted by Crippen LogP contribution is 2.33. The van der Waals surface area contributed by atoms with Crippen LogP contribution in [0, 0.1) is 0 Å². The van der Waals surface area contributed by atoms with Gasteiger partial charge in [0.1, 0.15) is 6.10 Å². The third-order valence-electron chi connectivity index (χ3n) is 3.80. The zero-order valence-electron chi connectivity index (χ0n) is 12.6. The lowest BCUT2D eigenvalue weighted by molar-refractivity contribution is 0.100. The fourth-order valence-electron chi connectivity index (χ4n) is 2.73. The van der Waals surface area contributed by atoms with Gasteiger partial charge in [0.25, 0.3) is 0 Å². The monoisotopic (exact) mass is 278 g/mol. The Bertz CT molecular complexity index is 423. The molecule has 1 atom stereocenters. The number of hydrogen-bond acceptors (Lipinski definition) is 4. The van der Waals surface area contributed by atoms with Crippen LogP contribution in [0.2, 0.25) is 0 Å². The normalized spacial score (nSPS) is 19.9. The number of nitrogens with two attached hydrogens (primary N) is 1. The highest BCUT2D eigenvalue weighted by atomic mass is 16.5. The molecule has 0 amide bonds. The van der Waals surface area contributed by atoms with E-state index in [1.807, 2.05) is 12.1 Å². The number of aryl methyl sites for hydroxylation is 1. The second kappa shape index (κ2) is 7.50. The van der Waals surface area contributed by atoms with E-state index in [1.165, 1.54) is 12.0 Å². The number of likely N-dealkylation sites (N-methyl/N-ethyl adjacent to an activating group) is 1. The van der Waals surface area contributed by atoms with Gasteiger partial charge < -0.3 is 20.1 Å². The second-order valence-corrected chi connectivity index (χ2v) is 5.49. The first-order valence-electron chi connectivity index (χ1n) is 7.45. The first-order chi connectivity index (χ1) is 9.74. The van der Waals surface area contributed by atoms with Crippen molar-refractivity contribution in [2.75, 3.05) is 33.8 Å². The Hall–Kier alpha value is -1.26. The molecule has 1 aromatic carbocycles. The number of para-hydroxylation sites is 1. The van der Waals surface area contributed by atoms with Crippen molar-refractivity contribution >= 4 is 0 Å². The van der Waals surface area contributed by atoms with E-state index >= 15 is 0 Å². The molecule has 1 saturated heterocycles. The molecule has 2 rings (SSSR count). The smallest absolute Gasteiger partial charge is 0.164 e. The molecule has 112 valence electrons. The Morgan fingerprint density at radius 2 is 2.25 bits per heavy atom. The third-order valence-corrected chi connectivity index (χ3v) is 3.80. The van der Waals surface area contributed by atoms with Crippen LogP contribution in [0.25, 0.3) is 0 Å². The van der Waals surface area contributed by atoms with E-state index in [1.54, 1.807) is 7.11 Å². The summed E-state index contributed by atoms with van der Waals surface area (Å²) in [5, 5.41) is 0. The fourth-order valence-corrected chi connectivity index (χ4v) is 2.73. The van der Waals surface area contributed by atoms with Gasteiger partial charge in [0, 0.05) is 6.54 Å². The van der Waals surface area contributed by atoms with Crippen molar-refractivity contribution in [1.82, 2.24) is 4.90 Å². The Morgan fingerprint density at radius 3 is 2.95 bits per heavy atom. The van der Waals surface area contributed by atoms with Crippen LogP contribution in [0.4, 0.5) is 0 Å². The van der Waals surface area contributed by atoms with E-state index < -0.39 is 0 Å². The fraction of sp³-hybridized carbons (Fsp3) is 0.625. The highest BCUT2D eigenvalue weighted by Gasteiger charge is 2.21. The molecule has 1 aliphatic heterocycles. The Balaban J connectivity index is 2.14. The summed E-state index contributed by atoms with van der Waals surface area (Å²) >= 11 is 0. The van der Waals surface area contributed by atoms with Crippen molar-refractivity contribution in [3.8, 4) is 11.5 Å². The molecule has 4 nitrogen and oxygen atoms in total.